The van der Waals surface area contributed by atoms with Crippen LogP contribution in [0.3, 0.4) is 0 Å². The van der Waals surface area contributed by atoms with Crippen molar-refractivity contribution in [3.8, 4) is 12.3 Å². The number of carbonyl (C=O) groups is 1. The maximum Gasteiger partial charge on any atom is 0.220 e. The van der Waals surface area contributed by atoms with Gasteiger partial charge in [-0.25, -0.2) is 0 Å². The van der Waals surface area contributed by atoms with E-state index in [0.29, 0.717) is 19.4 Å². The van der Waals surface area contributed by atoms with Crippen LogP contribution in [-0.2, 0) is 4.79 Å². The molecule has 2 rings (SSSR count). The predicted octanol–water partition coefficient (Wildman–Crippen LogP) is 4.60. The van der Waals surface area contributed by atoms with Gasteiger partial charge in [0.1, 0.15) is 0 Å². The molecule has 0 aliphatic rings. The summed E-state index contributed by atoms with van der Waals surface area (Å²) in [6.45, 7) is 7.79. The van der Waals surface area contributed by atoms with Crippen LogP contribution in [0.1, 0.15) is 45.2 Å². The highest BCUT2D eigenvalue weighted by molar-refractivity contribution is 5.86. The third kappa shape index (κ3) is 6.58. The van der Waals surface area contributed by atoms with Gasteiger partial charge in [-0.15, -0.1) is 12.3 Å². The van der Waals surface area contributed by atoms with Crippen molar-refractivity contribution in [2.45, 2.75) is 39.7 Å². The number of terminal acetylenes is 1. The van der Waals surface area contributed by atoms with Crippen LogP contribution >= 0.6 is 0 Å². The maximum absolute atomic E-state index is 11.7. The van der Waals surface area contributed by atoms with E-state index in [9.17, 15) is 4.79 Å². The molecule has 0 aliphatic heterocycles. The van der Waals surface area contributed by atoms with Gasteiger partial charge in [0.2, 0.25) is 5.91 Å². The molecular formula is C24H30N2O. The van der Waals surface area contributed by atoms with E-state index in [1.807, 2.05) is 0 Å². The Labute approximate surface area is 163 Å². The van der Waals surface area contributed by atoms with E-state index in [2.05, 4.69) is 91.9 Å². The highest BCUT2D eigenvalue weighted by Crippen LogP contribution is 2.24. The Balaban J connectivity index is 1.85. The molecule has 0 spiro atoms. The molecule has 27 heavy (non-hydrogen) atoms. The molecule has 0 aliphatic carbocycles. The second-order valence-electron chi connectivity index (χ2n) is 7.57. The average molecular weight is 363 g/mol. The van der Waals surface area contributed by atoms with Gasteiger partial charge >= 0.3 is 0 Å². The van der Waals surface area contributed by atoms with E-state index in [1.54, 1.807) is 0 Å². The lowest BCUT2D eigenvalue weighted by Crippen LogP contribution is -2.32. The summed E-state index contributed by atoms with van der Waals surface area (Å²) in [7, 11) is 0. The highest BCUT2D eigenvalue weighted by Gasteiger charge is 2.15. The minimum absolute atomic E-state index is 0.0112. The van der Waals surface area contributed by atoms with Crippen LogP contribution in [0.2, 0.25) is 0 Å². The molecular weight excluding hydrogens is 332 g/mol. The smallest absolute Gasteiger partial charge is 0.220 e. The second-order valence-corrected chi connectivity index (χ2v) is 7.57. The number of nitrogens with one attached hydrogen (secondary N) is 2. The highest BCUT2D eigenvalue weighted by atomic mass is 16.1. The summed E-state index contributed by atoms with van der Waals surface area (Å²) in [5.41, 5.74) is 1.21. The van der Waals surface area contributed by atoms with E-state index in [1.165, 1.54) is 16.3 Å². The van der Waals surface area contributed by atoms with Gasteiger partial charge in [0.15, 0.2) is 0 Å². The quantitative estimate of drug-likeness (QED) is 0.505. The van der Waals surface area contributed by atoms with Crippen molar-refractivity contribution in [1.82, 2.24) is 10.6 Å². The molecule has 0 bridgehead atoms. The summed E-state index contributed by atoms with van der Waals surface area (Å²) in [4.78, 5) is 11.7. The van der Waals surface area contributed by atoms with Gasteiger partial charge in [0.05, 0.1) is 0 Å². The fraction of sp³-hybridized carbons (Fsp3) is 0.375. The first-order chi connectivity index (χ1) is 12.9. The molecule has 2 aromatic carbocycles. The number of hydrogen-bond acceptors (Lipinski definition) is 2. The van der Waals surface area contributed by atoms with Crippen molar-refractivity contribution < 1.29 is 4.79 Å². The Kier molecular flexibility index (Phi) is 7.64. The SMILES string of the molecule is C#CCCC(=O)NCC(C)(C)/C=C/CN[C@H](C)c1cccc2ccccc12. The zero-order valence-electron chi connectivity index (χ0n) is 16.6. The van der Waals surface area contributed by atoms with Crippen LogP contribution in [0, 0.1) is 17.8 Å². The average Bonchev–Trinajstić information content (AvgIpc) is 2.67. The van der Waals surface area contributed by atoms with Crippen molar-refractivity contribution in [3.63, 3.8) is 0 Å². The topological polar surface area (TPSA) is 41.1 Å². The lowest BCUT2D eigenvalue weighted by atomic mass is 9.92. The standard InChI is InChI=1S/C24H30N2O/c1-5-6-15-23(27)26-18-24(3,4)16-10-17-25-19(2)21-14-9-12-20-11-7-8-13-22(20)21/h1,7-14,16,19,25H,6,15,17-18H2,2-4H3,(H,26,27)/b16-10+/t19-/m1/s1. The third-order valence-electron chi connectivity index (χ3n) is 4.64. The molecule has 0 heterocycles. The predicted molar refractivity (Wildman–Crippen MR) is 114 cm³/mol. The van der Waals surface area contributed by atoms with Gasteiger partial charge in [-0.05, 0) is 28.7 Å². The van der Waals surface area contributed by atoms with Crippen molar-refractivity contribution in [1.29, 1.82) is 0 Å². The normalized spacial score (nSPS) is 12.8. The van der Waals surface area contributed by atoms with Gasteiger partial charge < -0.3 is 10.6 Å². The Morgan fingerprint density at radius 1 is 1.22 bits per heavy atom. The molecule has 0 unspecified atom stereocenters. The monoisotopic (exact) mass is 362 g/mol. The summed E-state index contributed by atoms with van der Waals surface area (Å²) in [6, 6.07) is 15.2. The Hall–Kier alpha value is -2.57. The van der Waals surface area contributed by atoms with Crippen LogP contribution in [0.25, 0.3) is 10.8 Å². The maximum atomic E-state index is 11.7. The molecule has 142 valence electrons. The van der Waals surface area contributed by atoms with Crippen molar-refractivity contribution in [2.24, 2.45) is 5.41 Å². The van der Waals surface area contributed by atoms with E-state index >= 15 is 0 Å². The van der Waals surface area contributed by atoms with Gasteiger partial charge in [-0.2, -0.15) is 0 Å². The van der Waals surface area contributed by atoms with Crippen LogP contribution in [-0.4, -0.2) is 19.0 Å². The summed E-state index contributed by atoms with van der Waals surface area (Å²) < 4.78 is 0. The Bertz CT molecular complexity index is 824. The third-order valence-corrected chi connectivity index (χ3v) is 4.64. The molecule has 2 N–H and O–H groups in total. The van der Waals surface area contributed by atoms with Gasteiger partial charge in [0.25, 0.3) is 0 Å². The number of hydrogen-bond donors (Lipinski definition) is 2. The lowest BCUT2D eigenvalue weighted by Gasteiger charge is -2.21. The van der Waals surface area contributed by atoms with E-state index < -0.39 is 0 Å². The van der Waals surface area contributed by atoms with Crippen LogP contribution < -0.4 is 10.6 Å². The van der Waals surface area contributed by atoms with E-state index in [0.717, 1.165) is 6.54 Å². The molecule has 0 aromatic heterocycles. The minimum Gasteiger partial charge on any atom is -0.355 e. The number of amides is 1. The first-order valence-corrected chi connectivity index (χ1v) is 9.52. The van der Waals surface area contributed by atoms with E-state index in [4.69, 9.17) is 6.42 Å². The fourth-order valence-electron chi connectivity index (χ4n) is 3.02. The fourth-order valence-corrected chi connectivity index (χ4v) is 3.02. The number of benzene rings is 2. The summed E-state index contributed by atoms with van der Waals surface area (Å²) in [5.74, 6) is 2.50. The lowest BCUT2D eigenvalue weighted by molar-refractivity contribution is -0.121. The van der Waals surface area contributed by atoms with Crippen molar-refractivity contribution in [3.05, 3.63) is 60.2 Å². The molecule has 0 fully saturated rings. The minimum atomic E-state index is -0.101. The number of carbonyl (C=O) groups excluding carboxylic acids is 1. The second kappa shape index (κ2) is 9.94. The summed E-state index contributed by atoms with van der Waals surface area (Å²) in [6.07, 6.45) is 10.3. The largest absolute Gasteiger partial charge is 0.355 e. The zero-order chi connectivity index (χ0) is 19.7. The molecule has 1 amide bonds. The Morgan fingerprint density at radius 3 is 2.74 bits per heavy atom. The first-order valence-electron chi connectivity index (χ1n) is 9.52. The Morgan fingerprint density at radius 2 is 1.96 bits per heavy atom. The summed E-state index contributed by atoms with van der Waals surface area (Å²) >= 11 is 0. The molecule has 0 radical (unpaired) electrons. The molecule has 3 nitrogen and oxygen atoms in total. The molecule has 2 aromatic rings. The van der Waals surface area contributed by atoms with Gasteiger partial charge in [-0.3, -0.25) is 4.79 Å². The van der Waals surface area contributed by atoms with E-state index in [-0.39, 0.29) is 17.4 Å². The van der Waals surface area contributed by atoms with Crippen LogP contribution in [0.4, 0.5) is 0 Å². The number of fused-ring (bicyclic) bond motifs is 1. The van der Waals surface area contributed by atoms with Gasteiger partial charge in [0, 0.05) is 32.0 Å². The van der Waals surface area contributed by atoms with Gasteiger partial charge in [-0.1, -0.05) is 68.5 Å². The molecule has 3 heteroatoms. The van der Waals surface area contributed by atoms with Crippen LogP contribution in [0.15, 0.2) is 54.6 Å². The zero-order valence-corrected chi connectivity index (χ0v) is 16.6. The number of rotatable bonds is 9. The van der Waals surface area contributed by atoms with Crippen LogP contribution in [0.5, 0.6) is 0 Å². The molecule has 1 atom stereocenters. The van der Waals surface area contributed by atoms with Crippen molar-refractivity contribution in [2.75, 3.05) is 13.1 Å². The molecule has 0 saturated heterocycles. The van der Waals surface area contributed by atoms with Crippen molar-refractivity contribution >= 4 is 16.7 Å². The summed E-state index contributed by atoms with van der Waals surface area (Å²) in [5, 5.41) is 9.06. The first kappa shape index (κ1) is 20.7. The molecule has 0 saturated carbocycles.